The first-order valence-corrected chi connectivity index (χ1v) is 7.13. The number of piperidine rings is 1. The average Bonchev–Trinajstić information content (AvgIpc) is 2.49. The monoisotopic (exact) mass is 278 g/mol. The number of anilines is 1. The van der Waals surface area contributed by atoms with E-state index < -0.39 is 0 Å². The molecule has 0 aliphatic carbocycles. The van der Waals surface area contributed by atoms with Crippen LogP contribution in [0.15, 0.2) is 12.4 Å². The number of carbonyl (C=O) groups is 1. The maximum Gasteiger partial charge on any atom is 0.341 e. The summed E-state index contributed by atoms with van der Waals surface area (Å²) >= 11 is 0. The van der Waals surface area contributed by atoms with E-state index in [1.165, 1.54) is 0 Å². The molecule has 0 aromatic carbocycles. The van der Waals surface area contributed by atoms with E-state index in [1.807, 2.05) is 7.05 Å². The zero-order chi connectivity index (χ0) is 14.4. The maximum atomic E-state index is 11.5. The number of esters is 1. The number of aromatic nitrogens is 2. The maximum absolute atomic E-state index is 11.5. The van der Waals surface area contributed by atoms with E-state index in [-0.39, 0.29) is 5.97 Å². The molecule has 0 amide bonds. The number of hydrogen-bond acceptors (Lipinski definition) is 6. The van der Waals surface area contributed by atoms with Crippen LogP contribution < -0.4 is 10.2 Å². The predicted molar refractivity (Wildman–Crippen MR) is 76.9 cm³/mol. The van der Waals surface area contributed by atoms with E-state index in [2.05, 4.69) is 20.2 Å². The summed E-state index contributed by atoms with van der Waals surface area (Å²) in [6, 6.07) is 0. The lowest BCUT2D eigenvalue weighted by Gasteiger charge is -2.31. The molecule has 2 heterocycles. The van der Waals surface area contributed by atoms with Crippen LogP contribution in [0.5, 0.6) is 0 Å². The number of carbonyl (C=O) groups excluding carboxylic acids is 1. The Morgan fingerprint density at radius 1 is 1.40 bits per heavy atom. The molecule has 1 fully saturated rings. The summed E-state index contributed by atoms with van der Waals surface area (Å²) in [5, 5.41) is 3.22. The standard InChI is InChI=1S/C14H22N4O2/c1-3-20-13(19)12-9-16-14(17-10-12)18-6-4-11(5-7-18)8-15-2/h9-11,15H,3-8H2,1-2H3. The SMILES string of the molecule is CCOC(=O)c1cnc(N2CCC(CNC)CC2)nc1. The second-order valence-electron chi connectivity index (χ2n) is 4.98. The Morgan fingerprint density at radius 3 is 2.60 bits per heavy atom. The van der Waals surface area contributed by atoms with Gasteiger partial charge in [0.15, 0.2) is 0 Å². The number of nitrogens with one attached hydrogen (secondary N) is 1. The largest absolute Gasteiger partial charge is 0.462 e. The Balaban J connectivity index is 1.92. The van der Waals surface area contributed by atoms with Crippen LogP contribution >= 0.6 is 0 Å². The fraction of sp³-hybridized carbons (Fsp3) is 0.643. The van der Waals surface area contributed by atoms with Crippen molar-refractivity contribution >= 4 is 11.9 Å². The molecule has 1 aliphatic heterocycles. The Hall–Kier alpha value is -1.69. The van der Waals surface area contributed by atoms with Crippen LogP contribution in [0.2, 0.25) is 0 Å². The van der Waals surface area contributed by atoms with Crippen molar-refractivity contribution < 1.29 is 9.53 Å². The normalized spacial score (nSPS) is 16.2. The first-order chi connectivity index (χ1) is 9.74. The molecule has 2 rings (SSSR count). The molecule has 6 nitrogen and oxygen atoms in total. The molecule has 0 spiro atoms. The zero-order valence-electron chi connectivity index (χ0n) is 12.1. The van der Waals surface area contributed by atoms with Crippen LogP contribution in [0.3, 0.4) is 0 Å². The second-order valence-corrected chi connectivity index (χ2v) is 4.98. The summed E-state index contributed by atoms with van der Waals surface area (Å²) in [6.45, 7) is 5.13. The van der Waals surface area contributed by atoms with E-state index in [4.69, 9.17) is 4.74 Å². The van der Waals surface area contributed by atoms with Crippen molar-refractivity contribution in [1.29, 1.82) is 0 Å². The van der Waals surface area contributed by atoms with Gasteiger partial charge in [0, 0.05) is 25.5 Å². The minimum absolute atomic E-state index is 0.361. The van der Waals surface area contributed by atoms with E-state index in [0.29, 0.717) is 18.1 Å². The van der Waals surface area contributed by atoms with E-state index in [9.17, 15) is 4.79 Å². The van der Waals surface area contributed by atoms with Gasteiger partial charge in [0.05, 0.1) is 12.2 Å². The summed E-state index contributed by atoms with van der Waals surface area (Å²) in [7, 11) is 1.99. The third-order valence-electron chi connectivity index (χ3n) is 3.54. The Kier molecular flexibility index (Phi) is 5.29. The Morgan fingerprint density at radius 2 is 2.05 bits per heavy atom. The first-order valence-electron chi connectivity index (χ1n) is 7.13. The van der Waals surface area contributed by atoms with Gasteiger partial charge in [-0.1, -0.05) is 0 Å². The van der Waals surface area contributed by atoms with Crippen LogP contribution in [0, 0.1) is 5.92 Å². The highest BCUT2D eigenvalue weighted by molar-refractivity contribution is 5.88. The molecule has 6 heteroatoms. The van der Waals surface area contributed by atoms with Crippen LogP contribution in [0.1, 0.15) is 30.1 Å². The average molecular weight is 278 g/mol. The number of ether oxygens (including phenoxy) is 1. The molecule has 1 saturated heterocycles. The molecule has 1 N–H and O–H groups in total. The van der Waals surface area contributed by atoms with Crippen molar-refractivity contribution in [3.63, 3.8) is 0 Å². The minimum Gasteiger partial charge on any atom is -0.462 e. The summed E-state index contributed by atoms with van der Waals surface area (Å²) in [5.41, 5.74) is 0.403. The van der Waals surface area contributed by atoms with Gasteiger partial charge in [0.1, 0.15) is 0 Å². The van der Waals surface area contributed by atoms with E-state index in [1.54, 1.807) is 19.3 Å². The lowest BCUT2D eigenvalue weighted by molar-refractivity contribution is 0.0525. The van der Waals surface area contributed by atoms with Gasteiger partial charge in [0.2, 0.25) is 5.95 Å². The number of rotatable bonds is 5. The van der Waals surface area contributed by atoms with Gasteiger partial charge in [0.25, 0.3) is 0 Å². The summed E-state index contributed by atoms with van der Waals surface area (Å²) in [4.78, 5) is 22.2. The first kappa shape index (κ1) is 14.7. The lowest BCUT2D eigenvalue weighted by Crippen LogP contribution is -2.37. The van der Waals surface area contributed by atoms with Gasteiger partial charge in [-0.25, -0.2) is 14.8 Å². The van der Waals surface area contributed by atoms with Gasteiger partial charge in [-0.2, -0.15) is 0 Å². The van der Waals surface area contributed by atoms with E-state index >= 15 is 0 Å². The van der Waals surface area contributed by atoms with Gasteiger partial charge in [-0.15, -0.1) is 0 Å². The molecule has 0 atom stereocenters. The van der Waals surface area contributed by atoms with Crippen LogP contribution in [-0.4, -0.2) is 49.2 Å². The van der Waals surface area contributed by atoms with E-state index in [0.717, 1.165) is 38.4 Å². The number of nitrogens with zero attached hydrogens (tertiary/aromatic N) is 3. The molecular formula is C14H22N4O2. The molecule has 1 aromatic heterocycles. The van der Waals surface area contributed by atoms with Crippen molar-refractivity contribution in [3.8, 4) is 0 Å². The van der Waals surface area contributed by atoms with Crippen molar-refractivity contribution in [2.45, 2.75) is 19.8 Å². The topological polar surface area (TPSA) is 67.3 Å². The van der Waals surface area contributed by atoms with Crippen LogP contribution in [0.25, 0.3) is 0 Å². The highest BCUT2D eigenvalue weighted by Gasteiger charge is 2.20. The smallest absolute Gasteiger partial charge is 0.341 e. The molecule has 110 valence electrons. The Labute approximate surface area is 119 Å². The minimum atomic E-state index is -0.369. The zero-order valence-corrected chi connectivity index (χ0v) is 12.1. The van der Waals surface area contributed by atoms with Gasteiger partial charge in [-0.05, 0) is 39.3 Å². The Bertz CT molecular complexity index is 427. The van der Waals surface area contributed by atoms with Crippen molar-refractivity contribution in [2.24, 2.45) is 5.92 Å². The molecule has 1 aromatic rings. The third-order valence-corrected chi connectivity index (χ3v) is 3.54. The molecule has 0 unspecified atom stereocenters. The fourth-order valence-corrected chi connectivity index (χ4v) is 2.43. The van der Waals surface area contributed by atoms with Gasteiger partial charge >= 0.3 is 5.97 Å². The highest BCUT2D eigenvalue weighted by Crippen LogP contribution is 2.19. The van der Waals surface area contributed by atoms with Crippen molar-refractivity contribution in [2.75, 3.05) is 38.2 Å². The summed E-state index contributed by atoms with van der Waals surface area (Å²) < 4.78 is 4.91. The quantitative estimate of drug-likeness (QED) is 0.813. The second kappa shape index (κ2) is 7.19. The molecule has 0 saturated carbocycles. The molecule has 1 aliphatic rings. The number of hydrogen-bond donors (Lipinski definition) is 1. The van der Waals surface area contributed by atoms with Crippen molar-refractivity contribution in [3.05, 3.63) is 18.0 Å². The van der Waals surface area contributed by atoms with Crippen LogP contribution in [0.4, 0.5) is 5.95 Å². The van der Waals surface area contributed by atoms with Gasteiger partial charge < -0.3 is 15.0 Å². The molecule has 0 radical (unpaired) electrons. The predicted octanol–water partition coefficient (Wildman–Crippen LogP) is 1.09. The molecule has 0 bridgehead atoms. The molecular weight excluding hydrogens is 256 g/mol. The summed E-state index contributed by atoms with van der Waals surface area (Å²) in [5.74, 6) is 1.06. The lowest BCUT2D eigenvalue weighted by atomic mass is 9.97. The van der Waals surface area contributed by atoms with Crippen LogP contribution in [-0.2, 0) is 4.74 Å². The highest BCUT2D eigenvalue weighted by atomic mass is 16.5. The summed E-state index contributed by atoms with van der Waals surface area (Å²) in [6.07, 6.45) is 5.37. The van der Waals surface area contributed by atoms with Crippen molar-refractivity contribution in [1.82, 2.24) is 15.3 Å². The van der Waals surface area contributed by atoms with Gasteiger partial charge in [-0.3, -0.25) is 0 Å². The molecule has 20 heavy (non-hydrogen) atoms. The fourth-order valence-electron chi connectivity index (χ4n) is 2.43. The third kappa shape index (κ3) is 3.66.